The molecule has 0 spiro atoms. The molecule has 0 aromatic heterocycles. The Morgan fingerprint density at radius 2 is 2.08 bits per heavy atom. The molecule has 1 saturated heterocycles. The molecule has 1 heteroatoms. The van der Waals surface area contributed by atoms with Crippen molar-refractivity contribution in [1.82, 2.24) is 5.32 Å². The first-order valence-electron chi connectivity index (χ1n) is 5.26. The lowest BCUT2D eigenvalue weighted by Gasteiger charge is -2.27. The normalized spacial score (nSPS) is 31.1. The molecule has 3 rings (SSSR count). The van der Waals surface area contributed by atoms with E-state index < -0.39 is 0 Å². The van der Waals surface area contributed by atoms with Crippen molar-refractivity contribution in [3.05, 3.63) is 35.4 Å². The first-order chi connectivity index (χ1) is 6.45. The number of fused-ring (bicyclic) bond motifs is 3. The van der Waals surface area contributed by atoms with E-state index in [9.17, 15) is 0 Å². The summed E-state index contributed by atoms with van der Waals surface area (Å²) in [5, 5.41) is 3.60. The second kappa shape index (κ2) is 2.85. The Kier molecular flexibility index (Phi) is 1.66. The van der Waals surface area contributed by atoms with Gasteiger partial charge in [-0.05, 0) is 36.9 Å². The third-order valence-corrected chi connectivity index (χ3v) is 3.53. The maximum absolute atomic E-state index is 3.60. The fraction of sp³-hybridized carbons (Fsp3) is 0.500. The molecule has 0 bridgehead atoms. The molecule has 1 aliphatic carbocycles. The summed E-state index contributed by atoms with van der Waals surface area (Å²) in [6.07, 6.45) is 3.94. The number of hydrogen-bond donors (Lipinski definition) is 1. The molecule has 1 aromatic carbocycles. The zero-order chi connectivity index (χ0) is 8.67. The first-order valence-corrected chi connectivity index (χ1v) is 5.26. The standard InChI is InChI=1S/C12H15N/c1-2-4-10-9(3-1)5-6-12-11(10)7-8-13-12/h1-4,11-13H,5-8H2. The topological polar surface area (TPSA) is 12.0 Å². The molecule has 13 heavy (non-hydrogen) atoms. The smallest absolute Gasteiger partial charge is 0.0139 e. The first kappa shape index (κ1) is 7.57. The zero-order valence-electron chi connectivity index (χ0n) is 7.79. The van der Waals surface area contributed by atoms with Gasteiger partial charge in [0.05, 0.1) is 0 Å². The highest BCUT2D eigenvalue weighted by molar-refractivity contribution is 5.35. The van der Waals surface area contributed by atoms with E-state index >= 15 is 0 Å². The minimum atomic E-state index is 0.773. The van der Waals surface area contributed by atoms with Crippen molar-refractivity contribution in [2.75, 3.05) is 6.54 Å². The highest BCUT2D eigenvalue weighted by Gasteiger charge is 2.32. The fourth-order valence-corrected chi connectivity index (χ4v) is 2.88. The van der Waals surface area contributed by atoms with Gasteiger partial charge in [-0.2, -0.15) is 0 Å². The quantitative estimate of drug-likeness (QED) is 0.633. The molecule has 1 heterocycles. The summed E-state index contributed by atoms with van der Waals surface area (Å²) in [4.78, 5) is 0. The zero-order valence-corrected chi connectivity index (χ0v) is 7.79. The Labute approximate surface area is 79.2 Å². The van der Waals surface area contributed by atoms with Crippen molar-refractivity contribution >= 4 is 0 Å². The number of benzene rings is 1. The second-order valence-electron chi connectivity index (χ2n) is 4.19. The maximum Gasteiger partial charge on any atom is 0.0139 e. The lowest BCUT2D eigenvalue weighted by molar-refractivity contribution is 0.481. The van der Waals surface area contributed by atoms with Gasteiger partial charge in [0.15, 0.2) is 0 Å². The van der Waals surface area contributed by atoms with Gasteiger partial charge in [-0.15, -0.1) is 0 Å². The number of rotatable bonds is 0. The van der Waals surface area contributed by atoms with E-state index in [0.29, 0.717) is 0 Å². The summed E-state index contributed by atoms with van der Waals surface area (Å²) >= 11 is 0. The maximum atomic E-state index is 3.60. The predicted molar refractivity (Wildman–Crippen MR) is 53.9 cm³/mol. The highest BCUT2D eigenvalue weighted by atomic mass is 15.0. The molecule has 1 aliphatic heterocycles. The molecule has 1 fully saturated rings. The van der Waals surface area contributed by atoms with Gasteiger partial charge in [0, 0.05) is 12.0 Å². The van der Waals surface area contributed by atoms with Gasteiger partial charge in [-0.3, -0.25) is 0 Å². The Balaban J connectivity index is 2.06. The van der Waals surface area contributed by atoms with Crippen LogP contribution in [0.25, 0.3) is 0 Å². The van der Waals surface area contributed by atoms with Crippen molar-refractivity contribution in [2.24, 2.45) is 0 Å². The Morgan fingerprint density at radius 1 is 1.15 bits per heavy atom. The summed E-state index contributed by atoms with van der Waals surface area (Å²) in [6.45, 7) is 1.21. The summed E-state index contributed by atoms with van der Waals surface area (Å²) in [7, 11) is 0. The molecular weight excluding hydrogens is 158 g/mol. The number of nitrogens with one attached hydrogen (secondary N) is 1. The van der Waals surface area contributed by atoms with Crippen LogP contribution in [0.5, 0.6) is 0 Å². The van der Waals surface area contributed by atoms with E-state index in [4.69, 9.17) is 0 Å². The molecule has 1 N–H and O–H groups in total. The Bertz CT molecular complexity index is 319. The van der Waals surface area contributed by atoms with Crippen LogP contribution in [0.3, 0.4) is 0 Å². The van der Waals surface area contributed by atoms with E-state index in [1.165, 1.54) is 25.8 Å². The van der Waals surface area contributed by atoms with Crippen molar-refractivity contribution in [1.29, 1.82) is 0 Å². The van der Waals surface area contributed by atoms with Gasteiger partial charge >= 0.3 is 0 Å². The van der Waals surface area contributed by atoms with Gasteiger partial charge in [-0.25, -0.2) is 0 Å². The molecule has 1 nitrogen and oxygen atoms in total. The summed E-state index contributed by atoms with van der Waals surface area (Å²) in [5.74, 6) is 0.810. The largest absolute Gasteiger partial charge is 0.313 e. The average molecular weight is 173 g/mol. The van der Waals surface area contributed by atoms with E-state index in [2.05, 4.69) is 29.6 Å². The fourth-order valence-electron chi connectivity index (χ4n) is 2.88. The van der Waals surface area contributed by atoms with E-state index in [0.717, 1.165) is 12.0 Å². The van der Waals surface area contributed by atoms with Crippen LogP contribution in [0.2, 0.25) is 0 Å². The van der Waals surface area contributed by atoms with Crippen molar-refractivity contribution in [2.45, 2.75) is 31.2 Å². The molecule has 0 amide bonds. The third kappa shape index (κ3) is 1.11. The lowest BCUT2D eigenvalue weighted by atomic mass is 9.80. The Hall–Kier alpha value is -0.820. The second-order valence-corrected chi connectivity index (χ2v) is 4.19. The summed E-state index contributed by atoms with van der Waals surface area (Å²) < 4.78 is 0. The van der Waals surface area contributed by atoms with Crippen LogP contribution in [0.4, 0.5) is 0 Å². The van der Waals surface area contributed by atoms with Crippen LogP contribution in [0.15, 0.2) is 24.3 Å². The number of hydrogen-bond acceptors (Lipinski definition) is 1. The van der Waals surface area contributed by atoms with Crippen molar-refractivity contribution < 1.29 is 0 Å². The monoisotopic (exact) mass is 173 g/mol. The molecule has 1 aromatic rings. The van der Waals surface area contributed by atoms with Crippen LogP contribution < -0.4 is 5.32 Å². The van der Waals surface area contributed by atoms with Gasteiger partial charge in [0.1, 0.15) is 0 Å². The van der Waals surface area contributed by atoms with E-state index in [1.807, 2.05) is 0 Å². The van der Waals surface area contributed by atoms with Crippen LogP contribution in [0.1, 0.15) is 29.9 Å². The molecule has 0 radical (unpaired) electrons. The van der Waals surface area contributed by atoms with Crippen molar-refractivity contribution in [3.8, 4) is 0 Å². The molecule has 2 unspecified atom stereocenters. The van der Waals surface area contributed by atoms with Crippen LogP contribution >= 0.6 is 0 Å². The van der Waals surface area contributed by atoms with Gasteiger partial charge < -0.3 is 5.32 Å². The Morgan fingerprint density at radius 3 is 3.08 bits per heavy atom. The lowest BCUT2D eigenvalue weighted by Crippen LogP contribution is -2.30. The van der Waals surface area contributed by atoms with Gasteiger partial charge in [-0.1, -0.05) is 24.3 Å². The van der Waals surface area contributed by atoms with Crippen LogP contribution in [-0.2, 0) is 6.42 Å². The predicted octanol–water partition coefficient (Wildman–Crippen LogP) is 2.08. The molecule has 68 valence electrons. The average Bonchev–Trinajstić information content (AvgIpc) is 2.65. The molecule has 0 saturated carbocycles. The third-order valence-electron chi connectivity index (χ3n) is 3.53. The van der Waals surface area contributed by atoms with Crippen molar-refractivity contribution in [3.63, 3.8) is 0 Å². The summed E-state index contributed by atoms with van der Waals surface area (Å²) in [5.41, 5.74) is 3.20. The minimum Gasteiger partial charge on any atom is -0.313 e. The van der Waals surface area contributed by atoms with Crippen LogP contribution in [-0.4, -0.2) is 12.6 Å². The molecule has 2 aliphatic rings. The van der Waals surface area contributed by atoms with E-state index in [1.54, 1.807) is 11.1 Å². The molecular formula is C12H15N. The van der Waals surface area contributed by atoms with Crippen LogP contribution in [0, 0.1) is 0 Å². The van der Waals surface area contributed by atoms with Gasteiger partial charge in [0.2, 0.25) is 0 Å². The number of aryl methyl sites for hydroxylation is 1. The SMILES string of the molecule is c1ccc2c(c1)CCC1NCCC21. The van der Waals surface area contributed by atoms with Gasteiger partial charge in [0.25, 0.3) is 0 Å². The van der Waals surface area contributed by atoms with E-state index in [-0.39, 0.29) is 0 Å². The molecule has 2 atom stereocenters. The summed E-state index contributed by atoms with van der Waals surface area (Å²) in [6, 6.07) is 9.74. The highest BCUT2D eigenvalue weighted by Crippen LogP contribution is 2.36. The minimum absolute atomic E-state index is 0.773.